The molecule has 0 N–H and O–H groups in total. The summed E-state index contributed by atoms with van der Waals surface area (Å²) < 4.78 is 5.32. The van der Waals surface area contributed by atoms with Crippen molar-refractivity contribution in [3.05, 3.63) is 0 Å². The largest absolute Gasteiger partial charge is 0.466 e. The Hall–Kier alpha value is -0.530. The van der Waals surface area contributed by atoms with Crippen LogP contribution in [0.4, 0.5) is 0 Å². The summed E-state index contributed by atoms with van der Waals surface area (Å²) in [4.78, 5) is 12.1. The highest BCUT2D eigenvalue weighted by molar-refractivity contribution is 5.78. The fourth-order valence-corrected chi connectivity index (χ4v) is 4.67. The van der Waals surface area contributed by atoms with E-state index in [2.05, 4.69) is 0 Å². The van der Waals surface area contributed by atoms with Gasteiger partial charge >= 0.3 is 5.97 Å². The van der Waals surface area contributed by atoms with Gasteiger partial charge in [0.15, 0.2) is 0 Å². The Kier molecular flexibility index (Phi) is 2.08. The van der Waals surface area contributed by atoms with Gasteiger partial charge in [-0.2, -0.15) is 0 Å². The van der Waals surface area contributed by atoms with Gasteiger partial charge in [-0.25, -0.2) is 0 Å². The minimum absolute atomic E-state index is 0.0398. The average molecular weight is 208 g/mol. The maximum absolute atomic E-state index is 12.1. The van der Waals surface area contributed by atoms with Crippen molar-refractivity contribution in [2.24, 2.45) is 23.2 Å². The lowest BCUT2D eigenvalue weighted by molar-refractivity contribution is -0.158. The Bertz CT molecular complexity index is 286. The summed E-state index contributed by atoms with van der Waals surface area (Å²) in [6, 6.07) is 0. The number of fused-ring (bicyclic) bond motifs is 5. The molecule has 3 aliphatic carbocycles. The van der Waals surface area contributed by atoms with E-state index in [0.717, 1.165) is 24.7 Å². The highest BCUT2D eigenvalue weighted by Gasteiger charge is 2.62. The molecule has 3 fully saturated rings. The number of ether oxygens (including phenoxy) is 1. The van der Waals surface area contributed by atoms with Crippen LogP contribution >= 0.6 is 0 Å². The number of carbonyl (C=O) groups excluding carboxylic acids is 1. The van der Waals surface area contributed by atoms with Crippen LogP contribution in [0.25, 0.3) is 0 Å². The molecule has 2 bridgehead atoms. The topological polar surface area (TPSA) is 26.3 Å². The van der Waals surface area contributed by atoms with Crippen molar-refractivity contribution in [1.82, 2.24) is 0 Å². The van der Waals surface area contributed by atoms with E-state index in [-0.39, 0.29) is 11.4 Å². The normalized spacial score (nSPS) is 46.9. The monoisotopic (exact) mass is 208 g/mol. The smallest absolute Gasteiger partial charge is 0.312 e. The van der Waals surface area contributed by atoms with Gasteiger partial charge in [0, 0.05) is 0 Å². The van der Waals surface area contributed by atoms with Gasteiger partial charge in [0.1, 0.15) is 0 Å². The van der Waals surface area contributed by atoms with Crippen LogP contribution in [0.2, 0.25) is 0 Å². The first-order valence-electron chi connectivity index (χ1n) is 6.45. The molecule has 2 nitrogen and oxygen atoms in total. The molecule has 0 aromatic rings. The summed E-state index contributed by atoms with van der Waals surface area (Å²) in [5.41, 5.74) is -0.0398. The molecule has 4 atom stereocenters. The van der Waals surface area contributed by atoms with Gasteiger partial charge in [-0.3, -0.25) is 4.79 Å². The van der Waals surface area contributed by atoms with Crippen molar-refractivity contribution >= 4 is 5.97 Å². The summed E-state index contributed by atoms with van der Waals surface area (Å²) >= 11 is 0. The van der Waals surface area contributed by atoms with Gasteiger partial charge in [-0.1, -0.05) is 6.42 Å². The summed E-state index contributed by atoms with van der Waals surface area (Å²) in [7, 11) is 0. The Morgan fingerprint density at radius 1 is 1.40 bits per heavy atom. The van der Waals surface area contributed by atoms with Crippen LogP contribution in [-0.2, 0) is 9.53 Å². The maximum atomic E-state index is 12.1. The maximum Gasteiger partial charge on any atom is 0.312 e. The second-order valence-corrected chi connectivity index (χ2v) is 5.58. The molecule has 3 saturated carbocycles. The minimum atomic E-state index is -0.0398. The van der Waals surface area contributed by atoms with Gasteiger partial charge in [-0.05, 0) is 56.8 Å². The first-order chi connectivity index (χ1) is 7.28. The van der Waals surface area contributed by atoms with Gasteiger partial charge in [-0.15, -0.1) is 0 Å². The number of hydrogen-bond donors (Lipinski definition) is 0. The van der Waals surface area contributed by atoms with Crippen LogP contribution in [0, 0.1) is 23.2 Å². The lowest BCUT2D eigenvalue weighted by Crippen LogP contribution is -2.37. The molecule has 0 radical (unpaired) electrons. The minimum Gasteiger partial charge on any atom is -0.466 e. The van der Waals surface area contributed by atoms with E-state index in [9.17, 15) is 4.79 Å². The van der Waals surface area contributed by atoms with Crippen molar-refractivity contribution in [2.75, 3.05) is 6.61 Å². The van der Waals surface area contributed by atoms with E-state index in [1.807, 2.05) is 6.92 Å². The third kappa shape index (κ3) is 1.14. The van der Waals surface area contributed by atoms with E-state index < -0.39 is 0 Å². The van der Waals surface area contributed by atoms with Crippen molar-refractivity contribution in [2.45, 2.75) is 45.4 Å². The predicted octanol–water partition coefficient (Wildman–Crippen LogP) is 2.77. The summed E-state index contributed by atoms with van der Waals surface area (Å²) in [5.74, 6) is 2.52. The molecular weight excluding hydrogens is 188 g/mol. The zero-order valence-corrected chi connectivity index (χ0v) is 9.50. The molecular formula is C13H20O2. The number of hydrogen-bond acceptors (Lipinski definition) is 2. The van der Waals surface area contributed by atoms with E-state index in [4.69, 9.17) is 4.74 Å². The third-order valence-electron chi connectivity index (χ3n) is 5.15. The molecule has 3 aliphatic rings. The fraction of sp³-hybridized carbons (Fsp3) is 0.923. The van der Waals surface area contributed by atoms with Crippen LogP contribution in [0.15, 0.2) is 0 Å². The van der Waals surface area contributed by atoms with Crippen molar-refractivity contribution in [1.29, 1.82) is 0 Å². The number of esters is 1. The Labute approximate surface area is 91.4 Å². The van der Waals surface area contributed by atoms with Crippen LogP contribution in [-0.4, -0.2) is 12.6 Å². The highest BCUT2D eigenvalue weighted by atomic mass is 16.5. The highest BCUT2D eigenvalue weighted by Crippen LogP contribution is 2.66. The van der Waals surface area contributed by atoms with Gasteiger partial charge in [0.2, 0.25) is 0 Å². The van der Waals surface area contributed by atoms with Crippen molar-refractivity contribution < 1.29 is 9.53 Å². The molecule has 0 aromatic heterocycles. The van der Waals surface area contributed by atoms with Gasteiger partial charge in [0.25, 0.3) is 0 Å². The molecule has 0 spiro atoms. The quantitative estimate of drug-likeness (QED) is 0.652. The second kappa shape index (κ2) is 3.23. The molecule has 2 heteroatoms. The van der Waals surface area contributed by atoms with Crippen molar-refractivity contribution in [3.8, 4) is 0 Å². The Morgan fingerprint density at radius 3 is 3.07 bits per heavy atom. The zero-order chi connectivity index (χ0) is 10.5. The van der Waals surface area contributed by atoms with Crippen molar-refractivity contribution in [3.63, 3.8) is 0 Å². The van der Waals surface area contributed by atoms with E-state index in [1.54, 1.807) is 0 Å². The number of carbonyl (C=O) groups is 1. The molecule has 3 rings (SSSR count). The first kappa shape index (κ1) is 9.68. The molecule has 0 aromatic carbocycles. The fourth-order valence-electron chi connectivity index (χ4n) is 4.67. The molecule has 0 heterocycles. The standard InChI is InChI=1S/C13H20O2/c1-2-15-12(14)13-7-6-9(8-13)10-4-3-5-11(10)13/h9-11H,2-8H2,1H3. The van der Waals surface area contributed by atoms with Crippen LogP contribution in [0.5, 0.6) is 0 Å². The summed E-state index contributed by atoms with van der Waals surface area (Å²) in [6.07, 6.45) is 7.52. The van der Waals surface area contributed by atoms with E-state index in [0.29, 0.717) is 12.5 Å². The van der Waals surface area contributed by atoms with Gasteiger partial charge in [0.05, 0.1) is 12.0 Å². The lowest BCUT2D eigenvalue weighted by Gasteiger charge is -2.33. The summed E-state index contributed by atoms with van der Waals surface area (Å²) in [6.45, 7) is 2.46. The Morgan fingerprint density at radius 2 is 2.27 bits per heavy atom. The molecule has 4 unspecified atom stereocenters. The SMILES string of the molecule is CCOC(=O)C12CCC(C1)C1CCCC12. The molecule has 84 valence electrons. The first-order valence-corrected chi connectivity index (χ1v) is 6.45. The van der Waals surface area contributed by atoms with Crippen LogP contribution in [0.1, 0.15) is 45.4 Å². The third-order valence-corrected chi connectivity index (χ3v) is 5.15. The zero-order valence-electron chi connectivity index (χ0n) is 9.50. The average Bonchev–Trinajstić information content (AvgIpc) is 2.91. The van der Waals surface area contributed by atoms with Crippen LogP contribution < -0.4 is 0 Å². The van der Waals surface area contributed by atoms with E-state index >= 15 is 0 Å². The van der Waals surface area contributed by atoms with E-state index in [1.165, 1.54) is 25.7 Å². The summed E-state index contributed by atoms with van der Waals surface area (Å²) in [5, 5.41) is 0. The Balaban J connectivity index is 1.87. The molecule has 0 aliphatic heterocycles. The van der Waals surface area contributed by atoms with Crippen LogP contribution in [0.3, 0.4) is 0 Å². The number of rotatable bonds is 2. The molecule has 15 heavy (non-hydrogen) atoms. The second-order valence-electron chi connectivity index (χ2n) is 5.58. The lowest BCUT2D eigenvalue weighted by atomic mass is 9.72. The molecule has 0 amide bonds. The molecule has 0 saturated heterocycles. The van der Waals surface area contributed by atoms with Gasteiger partial charge < -0.3 is 4.74 Å². The predicted molar refractivity (Wildman–Crippen MR) is 57.2 cm³/mol.